The molecule has 0 aromatic heterocycles. The first-order valence-corrected chi connectivity index (χ1v) is 12.9. The molecule has 1 fully saturated rings. The van der Waals surface area contributed by atoms with Gasteiger partial charge in [-0.15, -0.1) is 0 Å². The molecule has 174 valence electrons. The zero-order chi connectivity index (χ0) is 24.4. The van der Waals surface area contributed by atoms with Crippen molar-refractivity contribution in [1.82, 2.24) is 4.90 Å². The Balaban J connectivity index is 1.50. The molecule has 0 atom stereocenters. The van der Waals surface area contributed by atoms with E-state index in [0.29, 0.717) is 32.4 Å². The van der Waals surface area contributed by atoms with Crippen molar-refractivity contribution in [2.75, 3.05) is 0 Å². The van der Waals surface area contributed by atoms with Crippen LogP contribution in [0.2, 0.25) is 5.02 Å². The number of ether oxygens (including phenoxy) is 1. The van der Waals surface area contributed by atoms with Crippen LogP contribution >= 0.6 is 55.2 Å². The maximum absolute atomic E-state index is 13.3. The Morgan fingerprint density at radius 1 is 1.06 bits per heavy atom. The molecule has 1 saturated heterocycles. The van der Waals surface area contributed by atoms with Crippen LogP contribution < -0.4 is 4.74 Å². The molecule has 0 N–H and O–H groups in total. The van der Waals surface area contributed by atoms with E-state index in [0.717, 1.165) is 28.3 Å². The minimum Gasteiger partial charge on any atom is -0.487 e. The molecular formula is C25H17Br2ClFNO3S. The van der Waals surface area contributed by atoms with Crippen molar-refractivity contribution in [3.05, 3.63) is 102 Å². The van der Waals surface area contributed by atoms with Gasteiger partial charge in [0, 0.05) is 5.02 Å². The molecule has 3 aromatic rings. The number of aryl methyl sites for hydroxylation is 1. The molecule has 9 heteroatoms. The van der Waals surface area contributed by atoms with Crippen LogP contribution in [-0.4, -0.2) is 16.0 Å². The molecule has 0 spiro atoms. The molecule has 4 rings (SSSR count). The Labute approximate surface area is 222 Å². The van der Waals surface area contributed by atoms with Gasteiger partial charge >= 0.3 is 0 Å². The number of hydrogen-bond acceptors (Lipinski definition) is 4. The van der Waals surface area contributed by atoms with Crippen molar-refractivity contribution in [3.8, 4) is 5.75 Å². The Kier molecular flexibility index (Phi) is 7.82. The predicted octanol–water partition coefficient (Wildman–Crippen LogP) is 8.13. The second-order valence-corrected chi connectivity index (χ2v) is 10.7. The van der Waals surface area contributed by atoms with Crippen molar-refractivity contribution in [2.45, 2.75) is 20.1 Å². The molecule has 1 aliphatic rings. The van der Waals surface area contributed by atoms with Crippen LogP contribution in [0.3, 0.4) is 0 Å². The minimum absolute atomic E-state index is 0.0275. The quantitative estimate of drug-likeness (QED) is 0.260. The van der Waals surface area contributed by atoms with E-state index in [2.05, 4.69) is 31.9 Å². The Morgan fingerprint density at radius 3 is 2.38 bits per heavy atom. The molecule has 2 amide bonds. The number of thioether (sulfide) groups is 1. The number of nitrogens with zero attached hydrogens (tertiary/aromatic N) is 1. The Hall–Kier alpha value is -2.13. The topological polar surface area (TPSA) is 46.6 Å². The lowest BCUT2D eigenvalue weighted by Crippen LogP contribution is -2.27. The second-order valence-electron chi connectivity index (χ2n) is 7.59. The average molecular weight is 626 g/mol. The number of hydrogen-bond donors (Lipinski definition) is 0. The molecule has 0 bridgehead atoms. The number of carbonyl (C=O) groups is 2. The number of benzene rings is 3. The van der Waals surface area contributed by atoms with Crippen molar-refractivity contribution >= 4 is 72.4 Å². The first-order chi connectivity index (χ1) is 16.2. The molecule has 0 unspecified atom stereocenters. The van der Waals surface area contributed by atoms with Crippen molar-refractivity contribution in [3.63, 3.8) is 0 Å². The van der Waals surface area contributed by atoms with Crippen LogP contribution in [0.1, 0.15) is 22.3 Å². The molecule has 4 nitrogen and oxygen atoms in total. The van der Waals surface area contributed by atoms with Crippen LogP contribution in [0.5, 0.6) is 5.75 Å². The third-order valence-corrected chi connectivity index (χ3v) is 7.48. The molecule has 1 heterocycles. The van der Waals surface area contributed by atoms with Gasteiger partial charge in [-0.25, -0.2) is 4.39 Å². The summed E-state index contributed by atoms with van der Waals surface area (Å²) < 4.78 is 20.7. The van der Waals surface area contributed by atoms with Gasteiger partial charge in [-0.2, -0.15) is 0 Å². The van der Waals surface area contributed by atoms with Gasteiger partial charge in [0.05, 0.1) is 20.4 Å². The molecule has 0 saturated carbocycles. The van der Waals surface area contributed by atoms with E-state index < -0.39 is 17.0 Å². The van der Waals surface area contributed by atoms with Crippen molar-refractivity contribution < 1.29 is 18.7 Å². The highest BCUT2D eigenvalue weighted by molar-refractivity contribution is 9.11. The normalized spacial score (nSPS) is 14.9. The zero-order valence-corrected chi connectivity index (χ0v) is 22.5. The van der Waals surface area contributed by atoms with Crippen LogP contribution in [0.4, 0.5) is 9.18 Å². The summed E-state index contributed by atoms with van der Waals surface area (Å²) in [5, 5.41) is -0.245. The molecule has 0 radical (unpaired) electrons. The summed E-state index contributed by atoms with van der Waals surface area (Å²) in [6, 6.07) is 15.6. The van der Waals surface area contributed by atoms with Gasteiger partial charge in [0.2, 0.25) is 0 Å². The van der Waals surface area contributed by atoms with Gasteiger partial charge in [-0.1, -0.05) is 47.5 Å². The highest BCUT2D eigenvalue weighted by Crippen LogP contribution is 2.38. The summed E-state index contributed by atoms with van der Waals surface area (Å²) in [6.45, 7) is 2.41. The maximum atomic E-state index is 13.3. The first-order valence-electron chi connectivity index (χ1n) is 10.1. The Morgan fingerprint density at radius 2 is 1.74 bits per heavy atom. The van der Waals surface area contributed by atoms with E-state index in [1.165, 1.54) is 17.7 Å². The van der Waals surface area contributed by atoms with E-state index in [1.54, 1.807) is 6.08 Å². The number of imide groups is 1. The second kappa shape index (κ2) is 10.6. The third-order valence-electron chi connectivity index (χ3n) is 5.04. The monoisotopic (exact) mass is 623 g/mol. The predicted molar refractivity (Wildman–Crippen MR) is 140 cm³/mol. The largest absolute Gasteiger partial charge is 0.487 e. The van der Waals surface area contributed by atoms with E-state index in [-0.39, 0.29) is 16.5 Å². The minimum atomic E-state index is -0.481. The first kappa shape index (κ1) is 25.0. The average Bonchev–Trinajstić information content (AvgIpc) is 3.03. The van der Waals surface area contributed by atoms with Crippen LogP contribution in [0.25, 0.3) is 6.08 Å². The van der Waals surface area contributed by atoms with E-state index in [1.807, 2.05) is 43.3 Å². The zero-order valence-electron chi connectivity index (χ0n) is 17.8. The lowest BCUT2D eigenvalue weighted by atomic mass is 10.1. The summed E-state index contributed by atoms with van der Waals surface area (Å²) in [6.07, 6.45) is 1.65. The van der Waals surface area contributed by atoms with E-state index in [4.69, 9.17) is 16.3 Å². The molecule has 0 aliphatic carbocycles. The SMILES string of the molecule is Cc1ccc(COc2c(Br)cc(/C=C3\SC(=O)N(Cc4ccc(F)cc4Cl)C3=O)cc2Br)cc1. The number of carbonyl (C=O) groups excluding carboxylic acids is 2. The molecule has 34 heavy (non-hydrogen) atoms. The van der Waals surface area contributed by atoms with Gasteiger partial charge in [0.15, 0.2) is 0 Å². The van der Waals surface area contributed by atoms with Crippen LogP contribution in [0, 0.1) is 12.7 Å². The highest BCUT2D eigenvalue weighted by atomic mass is 79.9. The number of amides is 2. The highest BCUT2D eigenvalue weighted by Gasteiger charge is 2.35. The molecule has 1 aliphatic heterocycles. The fourth-order valence-corrected chi connectivity index (χ4v) is 5.76. The van der Waals surface area contributed by atoms with Gasteiger partial charge < -0.3 is 4.74 Å². The summed E-state index contributed by atoms with van der Waals surface area (Å²) in [5.74, 6) is -0.274. The van der Waals surface area contributed by atoms with Crippen LogP contribution in [0.15, 0.2) is 68.4 Å². The molecule has 3 aromatic carbocycles. The number of rotatable bonds is 6. The van der Waals surface area contributed by atoms with Gasteiger partial charge in [0.25, 0.3) is 11.1 Å². The summed E-state index contributed by atoms with van der Waals surface area (Å²) >= 11 is 14.0. The molecular weight excluding hydrogens is 609 g/mol. The third kappa shape index (κ3) is 5.74. The number of halogens is 4. The van der Waals surface area contributed by atoms with Crippen molar-refractivity contribution in [2.24, 2.45) is 0 Å². The summed E-state index contributed by atoms with van der Waals surface area (Å²) in [4.78, 5) is 26.7. The Bertz CT molecular complexity index is 1290. The van der Waals surface area contributed by atoms with E-state index in [9.17, 15) is 14.0 Å². The lowest BCUT2D eigenvalue weighted by Gasteiger charge is -2.13. The fraction of sp³-hybridized carbons (Fsp3) is 0.120. The van der Waals surface area contributed by atoms with Gasteiger partial charge in [-0.05, 0) is 97.6 Å². The maximum Gasteiger partial charge on any atom is 0.293 e. The van der Waals surface area contributed by atoms with Gasteiger partial charge in [0.1, 0.15) is 18.2 Å². The summed E-state index contributed by atoms with van der Waals surface area (Å²) in [7, 11) is 0. The smallest absolute Gasteiger partial charge is 0.293 e. The lowest BCUT2D eigenvalue weighted by molar-refractivity contribution is -0.123. The fourth-order valence-electron chi connectivity index (χ4n) is 3.25. The van der Waals surface area contributed by atoms with Crippen LogP contribution in [-0.2, 0) is 17.9 Å². The van der Waals surface area contributed by atoms with Gasteiger partial charge in [-0.3, -0.25) is 14.5 Å². The standard InChI is InChI=1S/C25H17Br2ClFNO3S/c1-14-2-4-15(5-3-14)13-33-23-19(26)8-16(9-20(23)27)10-22-24(31)30(25(32)34-22)12-17-6-7-18(29)11-21(17)28/h2-11H,12-13H2,1H3/b22-10-. The summed E-state index contributed by atoms with van der Waals surface area (Å²) in [5.41, 5.74) is 3.43. The van der Waals surface area contributed by atoms with E-state index >= 15 is 0 Å². The van der Waals surface area contributed by atoms with Crippen molar-refractivity contribution in [1.29, 1.82) is 0 Å².